The van der Waals surface area contributed by atoms with Crippen LogP contribution in [0.25, 0.3) is 0 Å². The maximum absolute atomic E-state index is 13.2. The van der Waals surface area contributed by atoms with E-state index in [0.29, 0.717) is 12.1 Å². The molecule has 2 fully saturated rings. The maximum Gasteiger partial charge on any atom is 0.328 e. The maximum atomic E-state index is 13.2. The second kappa shape index (κ2) is 4.85. The van der Waals surface area contributed by atoms with Crippen LogP contribution < -0.4 is 0 Å². The molecule has 0 unspecified atom stereocenters. The van der Waals surface area contributed by atoms with Gasteiger partial charge in [0.2, 0.25) is 0 Å². The standard InChI is InChI=1S/C14H16FN3O2/c1-9(10-6-11(15)8-16-7-10)18-13(19)12-4-2-3-5-17(12)14(18)20/h6-9,12H,2-5H2,1H3/t9-,12+/m0/s1. The number of piperidine rings is 1. The molecule has 0 aliphatic carbocycles. The fraction of sp³-hybridized carbons (Fsp3) is 0.500. The van der Waals surface area contributed by atoms with Gasteiger partial charge in [-0.1, -0.05) is 0 Å². The Morgan fingerprint density at radius 1 is 1.35 bits per heavy atom. The van der Waals surface area contributed by atoms with Crippen LogP contribution in [0, 0.1) is 5.82 Å². The van der Waals surface area contributed by atoms with Crippen molar-refractivity contribution in [3.8, 4) is 0 Å². The van der Waals surface area contributed by atoms with Crippen molar-refractivity contribution >= 4 is 11.9 Å². The quantitative estimate of drug-likeness (QED) is 0.778. The Balaban J connectivity index is 1.89. The summed E-state index contributed by atoms with van der Waals surface area (Å²) in [5.41, 5.74) is 0.534. The van der Waals surface area contributed by atoms with Crippen molar-refractivity contribution in [1.82, 2.24) is 14.8 Å². The van der Waals surface area contributed by atoms with E-state index in [1.54, 1.807) is 11.8 Å². The molecule has 5 nitrogen and oxygen atoms in total. The fourth-order valence-electron chi connectivity index (χ4n) is 2.97. The molecule has 2 saturated heterocycles. The van der Waals surface area contributed by atoms with Crippen molar-refractivity contribution in [3.63, 3.8) is 0 Å². The number of aromatic nitrogens is 1. The summed E-state index contributed by atoms with van der Waals surface area (Å²) in [5, 5.41) is 0. The number of carbonyl (C=O) groups excluding carboxylic acids is 2. The molecule has 0 saturated carbocycles. The third kappa shape index (κ3) is 1.95. The van der Waals surface area contributed by atoms with Crippen LogP contribution in [-0.4, -0.2) is 39.3 Å². The van der Waals surface area contributed by atoms with Crippen LogP contribution in [0.3, 0.4) is 0 Å². The zero-order chi connectivity index (χ0) is 14.3. The van der Waals surface area contributed by atoms with Gasteiger partial charge in [-0.15, -0.1) is 0 Å². The average Bonchev–Trinajstić information content (AvgIpc) is 2.71. The molecule has 3 rings (SSSR count). The van der Waals surface area contributed by atoms with E-state index in [0.717, 1.165) is 25.5 Å². The Labute approximate surface area is 116 Å². The third-order valence-electron chi connectivity index (χ3n) is 4.07. The van der Waals surface area contributed by atoms with Crippen molar-refractivity contribution in [3.05, 3.63) is 29.8 Å². The summed E-state index contributed by atoms with van der Waals surface area (Å²) >= 11 is 0. The summed E-state index contributed by atoms with van der Waals surface area (Å²) in [7, 11) is 0. The Hall–Kier alpha value is -1.98. The van der Waals surface area contributed by atoms with E-state index in [9.17, 15) is 14.0 Å². The summed E-state index contributed by atoms with van der Waals surface area (Å²) in [6.45, 7) is 2.35. The van der Waals surface area contributed by atoms with Crippen LogP contribution in [0.15, 0.2) is 18.5 Å². The van der Waals surface area contributed by atoms with E-state index in [2.05, 4.69) is 4.98 Å². The molecule has 6 heteroatoms. The van der Waals surface area contributed by atoms with E-state index in [-0.39, 0.29) is 18.0 Å². The third-order valence-corrected chi connectivity index (χ3v) is 4.07. The van der Waals surface area contributed by atoms with Gasteiger partial charge in [0.1, 0.15) is 11.9 Å². The first kappa shape index (κ1) is 13.0. The predicted molar refractivity (Wildman–Crippen MR) is 69.2 cm³/mol. The van der Waals surface area contributed by atoms with Crippen LogP contribution in [-0.2, 0) is 4.79 Å². The van der Waals surface area contributed by atoms with Crippen LogP contribution in [0.4, 0.5) is 9.18 Å². The van der Waals surface area contributed by atoms with Gasteiger partial charge in [-0.2, -0.15) is 0 Å². The first-order valence-corrected chi connectivity index (χ1v) is 6.83. The zero-order valence-corrected chi connectivity index (χ0v) is 11.3. The number of hydrogen-bond acceptors (Lipinski definition) is 3. The van der Waals surface area contributed by atoms with E-state index in [1.807, 2.05) is 0 Å². The van der Waals surface area contributed by atoms with E-state index < -0.39 is 11.9 Å². The summed E-state index contributed by atoms with van der Waals surface area (Å²) in [6.07, 6.45) is 5.21. The summed E-state index contributed by atoms with van der Waals surface area (Å²) in [6, 6.07) is 0.218. The number of nitrogens with zero attached hydrogens (tertiary/aromatic N) is 3. The molecule has 2 atom stereocenters. The van der Waals surface area contributed by atoms with E-state index in [4.69, 9.17) is 0 Å². The molecule has 0 N–H and O–H groups in total. The number of halogens is 1. The van der Waals surface area contributed by atoms with Gasteiger partial charge >= 0.3 is 6.03 Å². The van der Waals surface area contributed by atoms with Gasteiger partial charge in [0, 0.05) is 12.7 Å². The number of urea groups is 1. The molecule has 1 aromatic heterocycles. The van der Waals surface area contributed by atoms with Gasteiger partial charge in [-0.25, -0.2) is 9.18 Å². The Morgan fingerprint density at radius 2 is 2.15 bits per heavy atom. The highest BCUT2D eigenvalue weighted by atomic mass is 19.1. The van der Waals surface area contributed by atoms with Gasteiger partial charge in [0.15, 0.2) is 0 Å². The lowest BCUT2D eigenvalue weighted by molar-refractivity contribution is -0.130. The number of rotatable bonds is 2. The van der Waals surface area contributed by atoms with Crippen molar-refractivity contribution < 1.29 is 14.0 Å². The van der Waals surface area contributed by atoms with Crippen molar-refractivity contribution in [2.24, 2.45) is 0 Å². The lowest BCUT2D eigenvalue weighted by atomic mass is 10.0. The molecule has 3 amide bonds. The van der Waals surface area contributed by atoms with Crippen molar-refractivity contribution in [1.29, 1.82) is 0 Å². The molecule has 0 bridgehead atoms. The SMILES string of the molecule is C[C@@H](c1cncc(F)c1)N1C(=O)[C@H]2CCCCN2C1=O. The molecule has 0 spiro atoms. The molecule has 0 aromatic carbocycles. The molecule has 20 heavy (non-hydrogen) atoms. The number of pyridine rings is 1. The molecular weight excluding hydrogens is 261 g/mol. The number of hydrogen-bond donors (Lipinski definition) is 0. The fourth-order valence-corrected chi connectivity index (χ4v) is 2.97. The molecule has 106 valence electrons. The van der Waals surface area contributed by atoms with Crippen molar-refractivity contribution in [2.75, 3.05) is 6.54 Å². The zero-order valence-electron chi connectivity index (χ0n) is 11.3. The van der Waals surface area contributed by atoms with Gasteiger partial charge in [-0.05, 0) is 37.8 Å². The highest BCUT2D eigenvalue weighted by Gasteiger charge is 2.47. The monoisotopic (exact) mass is 277 g/mol. The second-order valence-corrected chi connectivity index (χ2v) is 5.31. The highest BCUT2D eigenvalue weighted by molar-refractivity contribution is 6.04. The second-order valence-electron chi connectivity index (χ2n) is 5.31. The van der Waals surface area contributed by atoms with Gasteiger partial charge in [0.05, 0.1) is 12.2 Å². The molecule has 0 radical (unpaired) electrons. The van der Waals surface area contributed by atoms with Crippen LogP contribution in [0.5, 0.6) is 0 Å². The Morgan fingerprint density at radius 3 is 2.85 bits per heavy atom. The van der Waals surface area contributed by atoms with Crippen molar-refractivity contribution in [2.45, 2.75) is 38.3 Å². The van der Waals surface area contributed by atoms with Crippen LogP contribution >= 0.6 is 0 Å². The smallest absolute Gasteiger partial charge is 0.312 e. The molecule has 1 aromatic rings. The normalized spacial score (nSPS) is 24.0. The summed E-state index contributed by atoms with van der Waals surface area (Å²) < 4.78 is 13.2. The van der Waals surface area contributed by atoms with Gasteiger partial charge < -0.3 is 4.90 Å². The topological polar surface area (TPSA) is 53.5 Å². The molecule has 2 aliphatic heterocycles. The molecule has 2 aliphatic rings. The minimum absolute atomic E-state index is 0.175. The lowest BCUT2D eigenvalue weighted by Gasteiger charge is -2.26. The number of amides is 3. The van der Waals surface area contributed by atoms with Gasteiger partial charge in [0.25, 0.3) is 5.91 Å². The predicted octanol–water partition coefficient (Wildman–Crippen LogP) is 2.10. The Kier molecular flexibility index (Phi) is 3.16. The minimum atomic E-state index is -0.496. The van der Waals surface area contributed by atoms with Crippen LogP contribution in [0.2, 0.25) is 0 Å². The minimum Gasteiger partial charge on any atom is -0.312 e. The van der Waals surface area contributed by atoms with E-state index in [1.165, 1.54) is 17.2 Å². The number of fused-ring (bicyclic) bond motifs is 1. The van der Waals surface area contributed by atoms with E-state index >= 15 is 0 Å². The summed E-state index contributed by atoms with van der Waals surface area (Å²) in [5.74, 6) is -0.641. The summed E-state index contributed by atoms with van der Waals surface area (Å²) in [4.78, 5) is 31.4. The van der Waals surface area contributed by atoms with Crippen LogP contribution in [0.1, 0.15) is 37.8 Å². The Bertz CT molecular complexity index is 539. The molecule has 3 heterocycles. The highest BCUT2D eigenvalue weighted by Crippen LogP contribution is 2.32. The first-order chi connectivity index (χ1) is 9.59. The molecular formula is C14H16FN3O2. The number of carbonyl (C=O) groups is 2. The van der Waals surface area contributed by atoms with Gasteiger partial charge in [-0.3, -0.25) is 14.7 Å². The lowest BCUT2D eigenvalue weighted by Crippen LogP contribution is -2.39. The largest absolute Gasteiger partial charge is 0.328 e. The average molecular weight is 277 g/mol. The first-order valence-electron chi connectivity index (χ1n) is 6.83. The number of imide groups is 1.